The van der Waals surface area contributed by atoms with Gasteiger partial charge in [0.25, 0.3) is 0 Å². The first kappa shape index (κ1) is 12.0. The maximum Gasteiger partial charge on any atom is 0.163 e. The molecule has 0 aliphatic carbocycles. The zero-order valence-electron chi connectivity index (χ0n) is 10.9. The first-order valence-corrected chi connectivity index (χ1v) is 6.78. The van der Waals surface area contributed by atoms with E-state index < -0.39 is 0 Å². The molecule has 0 saturated carbocycles. The fourth-order valence-corrected chi connectivity index (χ4v) is 2.45. The maximum atomic E-state index is 5.93. The van der Waals surface area contributed by atoms with Gasteiger partial charge in [-0.1, -0.05) is 30.3 Å². The quantitative estimate of drug-likeness (QED) is 0.895. The summed E-state index contributed by atoms with van der Waals surface area (Å²) in [6.07, 6.45) is 3.76. The van der Waals surface area contributed by atoms with Gasteiger partial charge in [0.15, 0.2) is 5.82 Å². The molecular formula is C15H18N4. The molecule has 2 heterocycles. The van der Waals surface area contributed by atoms with Crippen LogP contribution in [0.5, 0.6) is 0 Å². The average Bonchev–Trinajstić information content (AvgIpc) is 2.48. The Kier molecular flexibility index (Phi) is 3.31. The molecule has 0 atom stereocenters. The highest BCUT2D eigenvalue weighted by Gasteiger charge is 2.14. The lowest BCUT2D eigenvalue weighted by molar-refractivity contribution is 0.573. The van der Waals surface area contributed by atoms with Crippen LogP contribution in [0.4, 0.5) is 11.6 Å². The summed E-state index contributed by atoms with van der Waals surface area (Å²) in [4.78, 5) is 11.3. The molecule has 98 valence electrons. The lowest BCUT2D eigenvalue weighted by atomic mass is 10.1. The number of piperidine rings is 1. The van der Waals surface area contributed by atoms with Crippen LogP contribution < -0.4 is 10.6 Å². The summed E-state index contributed by atoms with van der Waals surface area (Å²) in [6, 6.07) is 11.9. The number of benzene rings is 1. The zero-order valence-corrected chi connectivity index (χ0v) is 10.9. The van der Waals surface area contributed by atoms with Crippen molar-refractivity contribution in [2.24, 2.45) is 0 Å². The number of nitrogens with two attached hydrogens (primary N) is 1. The van der Waals surface area contributed by atoms with Gasteiger partial charge in [-0.25, -0.2) is 9.97 Å². The monoisotopic (exact) mass is 254 g/mol. The molecule has 0 unspecified atom stereocenters. The van der Waals surface area contributed by atoms with Crippen LogP contribution in [-0.2, 0) is 0 Å². The molecule has 1 aliphatic rings. The van der Waals surface area contributed by atoms with E-state index in [1.165, 1.54) is 19.3 Å². The van der Waals surface area contributed by atoms with E-state index in [4.69, 9.17) is 5.73 Å². The smallest absolute Gasteiger partial charge is 0.163 e. The highest BCUT2D eigenvalue weighted by atomic mass is 15.2. The van der Waals surface area contributed by atoms with Crippen molar-refractivity contribution in [2.45, 2.75) is 19.3 Å². The molecule has 0 spiro atoms. The predicted molar refractivity (Wildman–Crippen MR) is 77.9 cm³/mol. The molecule has 1 aromatic heterocycles. The number of nitrogen functional groups attached to an aromatic ring is 1. The van der Waals surface area contributed by atoms with Crippen molar-refractivity contribution in [3.8, 4) is 11.4 Å². The third-order valence-corrected chi connectivity index (χ3v) is 3.44. The molecule has 2 N–H and O–H groups in total. The van der Waals surface area contributed by atoms with Crippen LogP contribution in [0.1, 0.15) is 19.3 Å². The van der Waals surface area contributed by atoms with E-state index in [1.54, 1.807) is 0 Å². The number of hydrogen-bond donors (Lipinski definition) is 1. The zero-order chi connectivity index (χ0) is 13.1. The Morgan fingerprint density at radius 3 is 2.42 bits per heavy atom. The molecule has 2 aromatic rings. The fourth-order valence-electron chi connectivity index (χ4n) is 2.45. The van der Waals surface area contributed by atoms with Crippen molar-refractivity contribution in [1.29, 1.82) is 0 Å². The van der Waals surface area contributed by atoms with Crippen molar-refractivity contribution in [2.75, 3.05) is 23.7 Å². The molecule has 0 amide bonds. The van der Waals surface area contributed by atoms with E-state index in [-0.39, 0.29) is 0 Å². The van der Waals surface area contributed by atoms with Gasteiger partial charge in [0.2, 0.25) is 0 Å². The minimum atomic E-state index is 0.537. The summed E-state index contributed by atoms with van der Waals surface area (Å²) in [7, 11) is 0. The largest absolute Gasteiger partial charge is 0.384 e. The van der Waals surface area contributed by atoms with Crippen molar-refractivity contribution in [3.05, 3.63) is 36.4 Å². The Morgan fingerprint density at radius 2 is 1.68 bits per heavy atom. The van der Waals surface area contributed by atoms with Crippen LogP contribution in [0.25, 0.3) is 11.4 Å². The van der Waals surface area contributed by atoms with Gasteiger partial charge >= 0.3 is 0 Å². The predicted octanol–water partition coefficient (Wildman–Crippen LogP) is 2.72. The summed E-state index contributed by atoms with van der Waals surface area (Å²) in [5.74, 6) is 2.20. The fraction of sp³-hybridized carbons (Fsp3) is 0.333. The molecule has 1 saturated heterocycles. The van der Waals surface area contributed by atoms with Gasteiger partial charge in [0, 0.05) is 24.7 Å². The molecule has 3 rings (SSSR count). The van der Waals surface area contributed by atoms with Gasteiger partial charge < -0.3 is 10.6 Å². The lowest BCUT2D eigenvalue weighted by Gasteiger charge is -2.28. The maximum absolute atomic E-state index is 5.93. The Balaban J connectivity index is 1.96. The summed E-state index contributed by atoms with van der Waals surface area (Å²) in [6.45, 7) is 2.12. The van der Waals surface area contributed by atoms with Crippen LogP contribution in [0.15, 0.2) is 36.4 Å². The molecule has 0 bridgehead atoms. The highest BCUT2D eigenvalue weighted by molar-refractivity contribution is 5.60. The van der Waals surface area contributed by atoms with Crippen LogP contribution in [0.3, 0.4) is 0 Å². The highest BCUT2D eigenvalue weighted by Crippen LogP contribution is 2.23. The van der Waals surface area contributed by atoms with Gasteiger partial charge in [-0.2, -0.15) is 0 Å². The van der Waals surface area contributed by atoms with Gasteiger partial charge in [-0.05, 0) is 19.3 Å². The second-order valence-corrected chi connectivity index (χ2v) is 4.89. The number of hydrogen-bond acceptors (Lipinski definition) is 4. The van der Waals surface area contributed by atoms with Gasteiger partial charge in [-0.3, -0.25) is 0 Å². The number of rotatable bonds is 2. The first-order chi connectivity index (χ1) is 9.33. The Hall–Kier alpha value is -2.10. The van der Waals surface area contributed by atoms with Crippen LogP contribution >= 0.6 is 0 Å². The second-order valence-electron chi connectivity index (χ2n) is 4.89. The van der Waals surface area contributed by atoms with Crippen molar-refractivity contribution in [1.82, 2.24) is 9.97 Å². The molecule has 4 heteroatoms. The minimum absolute atomic E-state index is 0.537. The molecule has 19 heavy (non-hydrogen) atoms. The van der Waals surface area contributed by atoms with E-state index in [0.29, 0.717) is 11.6 Å². The summed E-state index contributed by atoms with van der Waals surface area (Å²) >= 11 is 0. The SMILES string of the molecule is Nc1cc(N2CCCCC2)nc(-c2ccccc2)n1. The summed E-state index contributed by atoms with van der Waals surface area (Å²) in [5.41, 5.74) is 6.93. The van der Waals surface area contributed by atoms with Gasteiger partial charge in [0.05, 0.1) is 0 Å². The summed E-state index contributed by atoms with van der Waals surface area (Å²) < 4.78 is 0. The van der Waals surface area contributed by atoms with Crippen LogP contribution in [0, 0.1) is 0 Å². The van der Waals surface area contributed by atoms with Crippen molar-refractivity contribution >= 4 is 11.6 Å². The summed E-state index contributed by atoms with van der Waals surface area (Å²) in [5, 5.41) is 0. The third kappa shape index (κ3) is 2.67. The molecule has 1 fully saturated rings. The first-order valence-electron chi connectivity index (χ1n) is 6.78. The topological polar surface area (TPSA) is 55.0 Å². The van der Waals surface area contributed by atoms with E-state index in [9.17, 15) is 0 Å². The molecule has 1 aliphatic heterocycles. The molecule has 0 radical (unpaired) electrons. The molecular weight excluding hydrogens is 236 g/mol. The number of anilines is 2. The van der Waals surface area contributed by atoms with Crippen molar-refractivity contribution in [3.63, 3.8) is 0 Å². The molecule has 4 nitrogen and oxygen atoms in total. The van der Waals surface area contributed by atoms with E-state index in [0.717, 1.165) is 24.5 Å². The third-order valence-electron chi connectivity index (χ3n) is 3.44. The number of nitrogens with zero attached hydrogens (tertiary/aromatic N) is 3. The normalized spacial score (nSPS) is 15.5. The second kappa shape index (κ2) is 5.26. The Labute approximate surface area is 113 Å². The van der Waals surface area contributed by atoms with E-state index >= 15 is 0 Å². The van der Waals surface area contributed by atoms with Crippen LogP contribution in [0.2, 0.25) is 0 Å². The standard InChI is InChI=1S/C15H18N4/c16-13-11-14(19-9-5-2-6-10-19)18-15(17-13)12-7-3-1-4-8-12/h1,3-4,7-8,11H,2,5-6,9-10H2,(H2,16,17,18). The van der Waals surface area contributed by atoms with Crippen LogP contribution in [-0.4, -0.2) is 23.1 Å². The van der Waals surface area contributed by atoms with E-state index in [1.807, 2.05) is 36.4 Å². The van der Waals surface area contributed by atoms with Gasteiger partial charge in [-0.15, -0.1) is 0 Å². The van der Waals surface area contributed by atoms with Gasteiger partial charge in [0.1, 0.15) is 11.6 Å². The lowest BCUT2D eigenvalue weighted by Crippen LogP contribution is -2.30. The minimum Gasteiger partial charge on any atom is -0.384 e. The number of aromatic nitrogens is 2. The average molecular weight is 254 g/mol. The van der Waals surface area contributed by atoms with E-state index in [2.05, 4.69) is 14.9 Å². The Morgan fingerprint density at radius 1 is 0.947 bits per heavy atom. The molecule has 1 aromatic carbocycles. The van der Waals surface area contributed by atoms with Crippen molar-refractivity contribution < 1.29 is 0 Å². The Bertz CT molecular complexity index is 547.